The van der Waals surface area contributed by atoms with E-state index < -0.39 is 28.6 Å². The van der Waals surface area contributed by atoms with Gasteiger partial charge in [-0.1, -0.05) is 0 Å². The molecule has 3 nitrogen and oxygen atoms in total. The zero-order valence-electron chi connectivity index (χ0n) is 11.2. The molecule has 0 aliphatic rings. The molecule has 1 aromatic heterocycles. The molecule has 20 heavy (non-hydrogen) atoms. The number of aromatic nitrogens is 3. The molecule has 0 saturated carbocycles. The third kappa shape index (κ3) is 2.52. The van der Waals surface area contributed by atoms with Crippen LogP contribution in [0.3, 0.4) is 0 Å². The lowest BCUT2D eigenvalue weighted by molar-refractivity contribution is 0.388. The van der Waals surface area contributed by atoms with Crippen LogP contribution in [0.15, 0.2) is 12.1 Å². The SMILES string of the molecule is CC(C)(C)n1c(CCl)nnc1-c1c(F)cc(F)cc1F. The molecule has 0 N–H and O–H groups in total. The maximum absolute atomic E-state index is 13.9. The fourth-order valence-corrected chi connectivity index (χ4v) is 2.20. The lowest BCUT2D eigenvalue weighted by Gasteiger charge is -2.24. The van der Waals surface area contributed by atoms with Gasteiger partial charge in [-0.3, -0.25) is 0 Å². The first-order valence-corrected chi connectivity index (χ1v) is 6.45. The molecule has 0 fully saturated rings. The fraction of sp³-hybridized carbons (Fsp3) is 0.385. The Morgan fingerprint density at radius 2 is 1.65 bits per heavy atom. The second kappa shape index (κ2) is 5.09. The molecule has 0 bridgehead atoms. The van der Waals surface area contributed by atoms with E-state index in [4.69, 9.17) is 11.6 Å². The Bertz CT molecular complexity index is 624. The average Bonchev–Trinajstić information content (AvgIpc) is 2.70. The summed E-state index contributed by atoms with van der Waals surface area (Å²) >= 11 is 5.77. The summed E-state index contributed by atoms with van der Waals surface area (Å²) < 4.78 is 42.3. The van der Waals surface area contributed by atoms with Gasteiger partial charge in [-0.05, 0) is 20.8 Å². The zero-order valence-corrected chi connectivity index (χ0v) is 12.0. The van der Waals surface area contributed by atoms with E-state index >= 15 is 0 Å². The first-order chi connectivity index (χ1) is 9.25. The van der Waals surface area contributed by atoms with Crippen molar-refractivity contribution in [3.05, 3.63) is 35.4 Å². The van der Waals surface area contributed by atoms with Gasteiger partial charge in [0.2, 0.25) is 0 Å². The molecule has 0 radical (unpaired) electrons. The summed E-state index contributed by atoms with van der Waals surface area (Å²) in [7, 11) is 0. The van der Waals surface area contributed by atoms with Gasteiger partial charge in [0.1, 0.15) is 23.3 Å². The van der Waals surface area contributed by atoms with Crippen LogP contribution in [0.4, 0.5) is 13.2 Å². The Balaban J connectivity index is 2.75. The van der Waals surface area contributed by atoms with Crippen molar-refractivity contribution in [2.45, 2.75) is 32.2 Å². The van der Waals surface area contributed by atoms with Crippen molar-refractivity contribution in [3.63, 3.8) is 0 Å². The topological polar surface area (TPSA) is 30.7 Å². The maximum atomic E-state index is 13.9. The molecule has 0 amide bonds. The number of alkyl halides is 1. The van der Waals surface area contributed by atoms with Crippen LogP contribution in [0.2, 0.25) is 0 Å². The highest BCUT2D eigenvalue weighted by Gasteiger charge is 2.27. The number of rotatable bonds is 2. The van der Waals surface area contributed by atoms with E-state index in [0.29, 0.717) is 18.0 Å². The van der Waals surface area contributed by atoms with Crippen LogP contribution >= 0.6 is 11.6 Å². The number of nitrogens with zero attached hydrogens (tertiary/aromatic N) is 3. The van der Waals surface area contributed by atoms with E-state index in [9.17, 15) is 13.2 Å². The van der Waals surface area contributed by atoms with Crippen molar-refractivity contribution < 1.29 is 13.2 Å². The zero-order chi connectivity index (χ0) is 15.1. The van der Waals surface area contributed by atoms with Crippen LogP contribution in [0, 0.1) is 17.5 Å². The monoisotopic (exact) mass is 303 g/mol. The molecule has 0 saturated heterocycles. The van der Waals surface area contributed by atoms with Gasteiger partial charge in [0.05, 0.1) is 11.4 Å². The maximum Gasteiger partial charge on any atom is 0.170 e. The van der Waals surface area contributed by atoms with Gasteiger partial charge >= 0.3 is 0 Å². The van der Waals surface area contributed by atoms with E-state index in [1.807, 2.05) is 20.8 Å². The molecule has 0 spiro atoms. The van der Waals surface area contributed by atoms with Crippen LogP contribution in [-0.2, 0) is 11.4 Å². The van der Waals surface area contributed by atoms with Crippen LogP contribution in [0.1, 0.15) is 26.6 Å². The summed E-state index contributed by atoms with van der Waals surface area (Å²) in [6.45, 7) is 5.49. The van der Waals surface area contributed by atoms with Crippen molar-refractivity contribution in [3.8, 4) is 11.4 Å². The molecule has 7 heteroatoms. The highest BCUT2D eigenvalue weighted by molar-refractivity contribution is 6.16. The third-order valence-corrected chi connectivity index (χ3v) is 2.99. The lowest BCUT2D eigenvalue weighted by atomic mass is 10.1. The summed E-state index contributed by atoms with van der Waals surface area (Å²) in [5.41, 5.74) is -0.943. The molecule has 0 aliphatic carbocycles. The normalized spacial score (nSPS) is 11.9. The third-order valence-electron chi connectivity index (χ3n) is 2.75. The predicted molar refractivity (Wildman–Crippen MR) is 69.9 cm³/mol. The predicted octanol–water partition coefficient (Wildman–Crippen LogP) is 3.86. The number of halogens is 4. The van der Waals surface area contributed by atoms with Crippen molar-refractivity contribution in [2.75, 3.05) is 0 Å². The van der Waals surface area contributed by atoms with Gasteiger partial charge in [-0.2, -0.15) is 0 Å². The van der Waals surface area contributed by atoms with E-state index in [-0.39, 0.29) is 11.7 Å². The molecular formula is C13H13ClF3N3. The molecule has 1 aromatic carbocycles. The van der Waals surface area contributed by atoms with Crippen molar-refractivity contribution in [1.29, 1.82) is 0 Å². The smallest absolute Gasteiger partial charge is 0.170 e. The second-order valence-corrected chi connectivity index (χ2v) is 5.59. The first kappa shape index (κ1) is 14.8. The van der Waals surface area contributed by atoms with E-state index in [2.05, 4.69) is 10.2 Å². The van der Waals surface area contributed by atoms with Crippen LogP contribution in [0.5, 0.6) is 0 Å². The number of hydrogen-bond acceptors (Lipinski definition) is 2. The van der Waals surface area contributed by atoms with Gasteiger partial charge in [0, 0.05) is 17.7 Å². The minimum Gasteiger partial charge on any atom is -0.304 e. The van der Waals surface area contributed by atoms with Gasteiger partial charge < -0.3 is 4.57 Å². The van der Waals surface area contributed by atoms with E-state index in [0.717, 1.165) is 0 Å². The van der Waals surface area contributed by atoms with Gasteiger partial charge in [-0.15, -0.1) is 21.8 Å². The quantitative estimate of drug-likeness (QED) is 0.789. The highest BCUT2D eigenvalue weighted by atomic mass is 35.5. The van der Waals surface area contributed by atoms with Crippen molar-refractivity contribution >= 4 is 11.6 Å². The van der Waals surface area contributed by atoms with Crippen molar-refractivity contribution in [1.82, 2.24) is 14.8 Å². The minimum atomic E-state index is -1.03. The Morgan fingerprint density at radius 1 is 1.10 bits per heavy atom. The summed E-state index contributed by atoms with van der Waals surface area (Å²) in [4.78, 5) is 0. The molecular weight excluding hydrogens is 291 g/mol. The molecule has 108 valence electrons. The largest absolute Gasteiger partial charge is 0.304 e. The van der Waals surface area contributed by atoms with Gasteiger partial charge in [0.25, 0.3) is 0 Å². The van der Waals surface area contributed by atoms with Crippen LogP contribution in [-0.4, -0.2) is 14.8 Å². The first-order valence-electron chi connectivity index (χ1n) is 5.91. The average molecular weight is 304 g/mol. The summed E-state index contributed by atoms with van der Waals surface area (Å²) in [5.74, 6) is -2.61. The van der Waals surface area contributed by atoms with Gasteiger partial charge in [0.15, 0.2) is 5.82 Å². The summed E-state index contributed by atoms with van der Waals surface area (Å²) in [6.07, 6.45) is 0. The molecule has 2 rings (SSSR count). The van der Waals surface area contributed by atoms with Crippen molar-refractivity contribution in [2.24, 2.45) is 0 Å². The molecule has 0 aliphatic heterocycles. The van der Waals surface area contributed by atoms with Gasteiger partial charge in [-0.25, -0.2) is 13.2 Å². The van der Waals surface area contributed by atoms with E-state index in [1.54, 1.807) is 4.57 Å². The Kier molecular flexibility index (Phi) is 3.77. The van der Waals surface area contributed by atoms with E-state index in [1.165, 1.54) is 0 Å². The second-order valence-electron chi connectivity index (χ2n) is 5.32. The highest BCUT2D eigenvalue weighted by Crippen LogP contribution is 2.30. The minimum absolute atomic E-state index is 0.0110. The fourth-order valence-electron chi connectivity index (χ4n) is 2.03. The number of benzene rings is 1. The Hall–Kier alpha value is -1.56. The molecule has 2 aromatic rings. The molecule has 0 atom stereocenters. The van der Waals surface area contributed by atoms with Crippen LogP contribution < -0.4 is 0 Å². The summed E-state index contributed by atoms with van der Waals surface area (Å²) in [6, 6.07) is 1.22. The standard InChI is InChI=1S/C13H13ClF3N3/c1-13(2,3)20-10(6-14)18-19-12(20)11-8(16)4-7(15)5-9(11)17/h4-5H,6H2,1-3H3. The number of hydrogen-bond donors (Lipinski definition) is 0. The molecule has 1 heterocycles. The van der Waals surface area contributed by atoms with Crippen LogP contribution in [0.25, 0.3) is 11.4 Å². The molecule has 0 unspecified atom stereocenters. The Morgan fingerprint density at radius 3 is 2.10 bits per heavy atom. The lowest BCUT2D eigenvalue weighted by Crippen LogP contribution is -2.25. The summed E-state index contributed by atoms with van der Waals surface area (Å²) in [5, 5.41) is 7.64. The Labute approximate surface area is 119 Å².